The van der Waals surface area contributed by atoms with Crippen molar-refractivity contribution >= 4 is 5.97 Å². The Kier molecular flexibility index (Phi) is 8.03. The first kappa shape index (κ1) is 13.4. The Morgan fingerprint density at radius 3 is 2.33 bits per heavy atom. The van der Waals surface area contributed by atoms with Crippen LogP contribution in [0, 0.1) is 28.6 Å². The highest BCUT2D eigenvalue weighted by Gasteiger charge is 2.17. The van der Waals surface area contributed by atoms with Gasteiger partial charge in [-0.2, -0.15) is 10.5 Å². The second kappa shape index (κ2) is 8.98. The molecule has 0 fully saturated rings. The van der Waals surface area contributed by atoms with Gasteiger partial charge in [0.05, 0.1) is 18.7 Å². The van der Waals surface area contributed by atoms with E-state index < -0.39 is 11.9 Å². The topological polar surface area (TPSA) is 94.1 Å². The van der Waals surface area contributed by atoms with E-state index in [0.29, 0.717) is 6.42 Å². The Labute approximate surface area is 88.9 Å². The van der Waals surface area contributed by atoms with E-state index in [1.807, 2.05) is 0 Å². The van der Waals surface area contributed by atoms with Crippen molar-refractivity contribution in [3.8, 4) is 12.1 Å². The first-order valence-electron chi connectivity index (χ1n) is 4.83. The third-order valence-corrected chi connectivity index (χ3v) is 1.79. The quantitative estimate of drug-likeness (QED) is 0.494. The van der Waals surface area contributed by atoms with E-state index in [4.69, 9.17) is 20.4 Å². The molecule has 0 saturated carbocycles. The molecule has 0 unspecified atom stereocenters. The third kappa shape index (κ3) is 6.48. The van der Waals surface area contributed by atoms with E-state index in [9.17, 15) is 4.79 Å². The van der Waals surface area contributed by atoms with Crippen LogP contribution in [-0.4, -0.2) is 24.3 Å². The van der Waals surface area contributed by atoms with E-state index in [0.717, 1.165) is 19.3 Å². The molecule has 0 aromatic carbocycles. The summed E-state index contributed by atoms with van der Waals surface area (Å²) in [5.74, 6) is -2.09. The summed E-state index contributed by atoms with van der Waals surface area (Å²) in [7, 11) is 0. The summed E-state index contributed by atoms with van der Waals surface area (Å²) in [5, 5.41) is 25.2. The molecule has 0 amide bonds. The summed E-state index contributed by atoms with van der Waals surface area (Å²) in [6, 6.07) is 3.09. The van der Waals surface area contributed by atoms with E-state index in [1.165, 1.54) is 0 Å². The minimum atomic E-state index is -1.32. The second-order valence-corrected chi connectivity index (χ2v) is 3.00. The molecular formula is C10H14N2O3. The molecule has 0 aliphatic carbocycles. The van der Waals surface area contributed by atoms with E-state index >= 15 is 0 Å². The summed E-state index contributed by atoms with van der Waals surface area (Å²) < 4.78 is 4.72. The van der Waals surface area contributed by atoms with Gasteiger partial charge >= 0.3 is 5.97 Å². The number of esters is 1. The van der Waals surface area contributed by atoms with Crippen molar-refractivity contribution in [3.05, 3.63) is 0 Å². The number of rotatable bonds is 7. The van der Waals surface area contributed by atoms with Gasteiger partial charge in [-0.3, -0.25) is 0 Å². The molecule has 15 heavy (non-hydrogen) atoms. The lowest BCUT2D eigenvalue weighted by atomic mass is 10.2. The summed E-state index contributed by atoms with van der Waals surface area (Å²) in [6.07, 6.45) is 3.17. The van der Waals surface area contributed by atoms with Gasteiger partial charge < -0.3 is 9.84 Å². The zero-order valence-electron chi connectivity index (χ0n) is 8.48. The minimum Gasteiger partial charge on any atom is -0.464 e. The predicted molar refractivity (Wildman–Crippen MR) is 51.2 cm³/mol. The van der Waals surface area contributed by atoms with Gasteiger partial charge in [0.2, 0.25) is 5.92 Å². The number of nitrogens with zero attached hydrogens (tertiary/aromatic N) is 2. The SMILES string of the molecule is N#CC(C#N)C(=O)OCCCCCCO. The molecule has 82 valence electrons. The van der Waals surface area contributed by atoms with Crippen molar-refractivity contribution < 1.29 is 14.6 Å². The Morgan fingerprint density at radius 1 is 1.20 bits per heavy atom. The van der Waals surface area contributed by atoms with Gasteiger partial charge in [-0.15, -0.1) is 0 Å². The molecule has 5 nitrogen and oxygen atoms in total. The molecule has 0 bridgehead atoms. The molecule has 0 radical (unpaired) electrons. The second-order valence-electron chi connectivity index (χ2n) is 3.00. The van der Waals surface area contributed by atoms with Crippen LogP contribution in [0.25, 0.3) is 0 Å². The zero-order chi connectivity index (χ0) is 11.5. The van der Waals surface area contributed by atoms with Gasteiger partial charge in [-0.1, -0.05) is 6.42 Å². The van der Waals surface area contributed by atoms with Crippen LogP contribution in [0.3, 0.4) is 0 Å². The molecule has 0 aromatic heterocycles. The summed E-state index contributed by atoms with van der Waals surface area (Å²) in [6.45, 7) is 0.398. The van der Waals surface area contributed by atoms with Gasteiger partial charge in [0, 0.05) is 6.61 Å². The average molecular weight is 210 g/mol. The summed E-state index contributed by atoms with van der Waals surface area (Å²) in [5.41, 5.74) is 0. The Hall–Kier alpha value is -1.59. The molecule has 0 heterocycles. The van der Waals surface area contributed by atoms with Crippen molar-refractivity contribution in [1.82, 2.24) is 0 Å². The maximum Gasteiger partial charge on any atom is 0.338 e. The lowest BCUT2D eigenvalue weighted by molar-refractivity contribution is -0.145. The fourth-order valence-electron chi connectivity index (χ4n) is 0.958. The smallest absolute Gasteiger partial charge is 0.338 e. The molecular weight excluding hydrogens is 196 g/mol. The molecule has 0 aliphatic heterocycles. The van der Waals surface area contributed by atoms with Crippen LogP contribution in [-0.2, 0) is 9.53 Å². The molecule has 0 rings (SSSR count). The largest absolute Gasteiger partial charge is 0.464 e. The average Bonchev–Trinajstić information content (AvgIpc) is 2.25. The third-order valence-electron chi connectivity index (χ3n) is 1.79. The lowest BCUT2D eigenvalue weighted by Crippen LogP contribution is -2.15. The molecule has 0 aromatic rings. The molecule has 0 atom stereocenters. The van der Waals surface area contributed by atoms with Crippen LogP contribution in [0.1, 0.15) is 25.7 Å². The highest BCUT2D eigenvalue weighted by molar-refractivity contribution is 5.78. The van der Waals surface area contributed by atoms with Crippen LogP contribution in [0.2, 0.25) is 0 Å². The Balaban J connectivity index is 3.48. The number of aliphatic hydroxyl groups is 1. The number of aliphatic hydroxyl groups excluding tert-OH is 1. The molecule has 5 heteroatoms. The number of carbonyl (C=O) groups excluding carboxylic acids is 1. The van der Waals surface area contributed by atoms with Gasteiger partial charge in [0.1, 0.15) is 0 Å². The van der Waals surface area contributed by atoms with Crippen LogP contribution in [0.4, 0.5) is 0 Å². The summed E-state index contributed by atoms with van der Waals surface area (Å²) >= 11 is 0. The molecule has 0 aliphatic rings. The fourth-order valence-corrected chi connectivity index (χ4v) is 0.958. The Bertz CT molecular complexity index is 251. The highest BCUT2D eigenvalue weighted by Crippen LogP contribution is 2.01. The number of carbonyl (C=O) groups is 1. The monoisotopic (exact) mass is 210 g/mol. The van der Waals surface area contributed by atoms with Gasteiger partial charge in [0.25, 0.3) is 0 Å². The lowest BCUT2D eigenvalue weighted by Gasteiger charge is -2.03. The van der Waals surface area contributed by atoms with E-state index in [-0.39, 0.29) is 13.2 Å². The van der Waals surface area contributed by atoms with Crippen LogP contribution in [0.5, 0.6) is 0 Å². The predicted octanol–water partition coefficient (Wildman–Crippen LogP) is 0.746. The zero-order valence-corrected chi connectivity index (χ0v) is 8.48. The van der Waals surface area contributed by atoms with Crippen molar-refractivity contribution in [1.29, 1.82) is 10.5 Å². The number of unbranched alkanes of at least 4 members (excludes halogenated alkanes) is 3. The molecule has 0 spiro atoms. The van der Waals surface area contributed by atoms with E-state index in [1.54, 1.807) is 12.1 Å². The van der Waals surface area contributed by atoms with Crippen LogP contribution >= 0.6 is 0 Å². The maximum atomic E-state index is 11.0. The van der Waals surface area contributed by atoms with Gasteiger partial charge in [0.15, 0.2) is 0 Å². The first-order chi connectivity index (χ1) is 7.26. The van der Waals surface area contributed by atoms with Crippen molar-refractivity contribution in [2.75, 3.05) is 13.2 Å². The maximum absolute atomic E-state index is 11.0. The van der Waals surface area contributed by atoms with Crippen molar-refractivity contribution in [3.63, 3.8) is 0 Å². The van der Waals surface area contributed by atoms with Crippen molar-refractivity contribution in [2.45, 2.75) is 25.7 Å². The fraction of sp³-hybridized carbons (Fsp3) is 0.700. The molecule has 0 saturated heterocycles. The standard InChI is InChI=1S/C10H14N2O3/c11-7-9(8-12)10(14)15-6-4-2-1-3-5-13/h9,13H,1-6H2. The van der Waals surface area contributed by atoms with Gasteiger partial charge in [-0.05, 0) is 19.3 Å². The first-order valence-corrected chi connectivity index (χ1v) is 4.83. The number of hydrogen-bond donors (Lipinski definition) is 1. The molecule has 1 N–H and O–H groups in total. The van der Waals surface area contributed by atoms with Crippen molar-refractivity contribution in [2.24, 2.45) is 5.92 Å². The number of nitriles is 2. The van der Waals surface area contributed by atoms with Crippen LogP contribution in [0.15, 0.2) is 0 Å². The van der Waals surface area contributed by atoms with Gasteiger partial charge in [-0.25, -0.2) is 4.79 Å². The summed E-state index contributed by atoms with van der Waals surface area (Å²) in [4.78, 5) is 11.0. The number of hydrogen-bond acceptors (Lipinski definition) is 5. The minimum absolute atomic E-state index is 0.171. The Morgan fingerprint density at radius 2 is 1.80 bits per heavy atom. The highest BCUT2D eigenvalue weighted by atomic mass is 16.5. The van der Waals surface area contributed by atoms with E-state index in [2.05, 4.69) is 0 Å². The normalized spacial score (nSPS) is 9.33. The van der Waals surface area contributed by atoms with Crippen LogP contribution < -0.4 is 0 Å². The number of ether oxygens (including phenoxy) is 1.